The molecule has 1 aromatic rings. The average molecular weight is 248 g/mol. The molecule has 1 aliphatic rings. The number of aliphatic carboxylic acids is 1. The lowest BCUT2D eigenvalue weighted by atomic mass is 9.79. The van der Waals surface area contributed by atoms with Gasteiger partial charge in [-0.2, -0.15) is 0 Å². The van der Waals surface area contributed by atoms with E-state index >= 15 is 0 Å². The minimum absolute atomic E-state index is 0.128. The monoisotopic (exact) mass is 248 g/mol. The predicted octanol–water partition coefficient (Wildman–Crippen LogP) is 2.63. The first kappa shape index (κ1) is 13.1. The van der Waals surface area contributed by atoms with Gasteiger partial charge in [0.2, 0.25) is 0 Å². The zero-order valence-corrected chi connectivity index (χ0v) is 11.2. The van der Waals surface area contributed by atoms with Gasteiger partial charge in [0.25, 0.3) is 0 Å². The van der Waals surface area contributed by atoms with Crippen LogP contribution in [0.15, 0.2) is 24.3 Å². The maximum Gasteiger partial charge on any atom is 0.314 e. The molecule has 98 valence electrons. The number of rotatable bonds is 3. The number of hydrogen-bond acceptors (Lipinski definition) is 2. The van der Waals surface area contributed by atoms with E-state index in [9.17, 15) is 9.90 Å². The summed E-state index contributed by atoms with van der Waals surface area (Å²) in [7, 11) is 0. The minimum atomic E-state index is -0.756. The van der Waals surface area contributed by atoms with E-state index in [-0.39, 0.29) is 5.41 Å². The minimum Gasteiger partial charge on any atom is -0.481 e. The summed E-state index contributed by atoms with van der Waals surface area (Å²) in [4.78, 5) is 11.3. The second-order valence-corrected chi connectivity index (χ2v) is 6.20. The van der Waals surface area contributed by atoms with E-state index in [2.05, 4.69) is 32.9 Å². The van der Waals surface area contributed by atoms with Crippen LogP contribution in [0, 0.1) is 5.41 Å². The zero-order chi connectivity index (χ0) is 13.4. The number of carboxylic acids is 1. The van der Waals surface area contributed by atoms with E-state index in [1.54, 1.807) is 0 Å². The van der Waals surface area contributed by atoms with Crippen molar-refractivity contribution in [1.29, 1.82) is 0 Å². The number of benzene rings is 1. The van der Waals surface area contributed by atoms with Crippen molar-refractivity contribution in [2.75, 3.05) is 13.2 Å². The Balaban J connectivity index is 2.14. The standard InChI is InChI=1S/C15H20O3/c1-14(2,3)12-6-4-11(5-7-12)8-15(13(16)17)9-18-10-15/h4-7H,8-10H2,1-3H3,(H,16,17). The largest absolute Gasteiger partial charge is 0.481 e. The molecule has 2 rings (SSSR count). The molecule has 0 aliphatic carbocycles. The maximum absolute atomic E-state index is 11.3. The lowest BCUT2D eigenvalue weighted by molar-refractivity contribution is -0.179. The van der Waals surface area contributed by atoms with Crippen LogP contribution in [0.5, 0.6) is 0 Å². The van der Waals surface area contributed by atoms with Crippen molar-refractivity contribution < 1.29 is 14.6 Å². The molecule has 0 atom stereocenters. The van der Waals surface area contributed by atoms with Crippen LogP contribution in [0.2, 0.25) is 0 Å². The fraction of sp³-hybridized carbons (Fsp3) is 0.533. The molecule has 1 saturated heterocycles. The Bertz CT molecular complexity index is 436. The number of ether oxygens (including phenoxy) is 1. The molecule has 1 N–H and O–H groups in total. The molecule has 1 heterocycles. The van der Waals surface area contributed by atoms with Gasteiger partial charge in [0.15, 0.2) is 0 Å². The van der Waals surface area contributed by atoms with Crippen LogP contribution >= 0.6 is 0 Å². The van der Waals surface area contributed by atoms with Crippen molar-refractivity contribution in [3.05, 3.63) is 35.4 Å². The molecule has 0 unspecified atom stereocenters. The summed E-state index contributed by atoms with van der Waals surface area (Å²) in [6.07, 6.45) is 0.548. The summed E-state index contributed by atoms with van der Waals surface area (Å²) in [5.74, 6) is -0.756. The Morgan fingerprint density at radius 3 is 2.17 bits per heavy atom. The topological polar surface area (TPSA) is 46.5 Å². The molecule has 18 heavy (non-hydrogen) atoms. The first-order valence-electron chi connectivity index (χ1n) is 6.24. The van der Waals surface area contributed by atoms with Crippen molar-refractivity contribution in [2.45, 2.75) is 32.6 Å². The number of carboxylic acid groups (broad SMARTS) is 1. The van der Waals surface area contributed by atoms with Gasteiger partial charge in [-0.05, 0) is 23.0 Å². The molecule has 0 bridgehead atoms. The molecule has 0 spiro atoms. The van der Waals surface area contributed by atoms with E-state index in [1.165, 1.54) is 5.56 Å². The normalized spacial score (nSPS) is 18.2. The Morgan fingerprint density at radius 1 is 1.28 bits per heavy atom. The summed E-state index contributed by atoms with van der Waals surface area (Å²) >= 11 is 0. The van der Waals surface area contributed by atoms with Crippen LogP contribution in [0.25, 0.3) is 0 Å². The van der Waals surface area contributed by atoms with Crippen LogP contribution in [0.4, 0.5) is 0 Å². The molecule has 0 saturated carbocycles. The van der Waals surface area contributed by atoms with E-state index < -0.39 is 11.4 Å². The number of carbonyl (C=O) groups is 1. The molecule has 1 fully saturated rings. The summed E-state index contributed by atoms with van der Waals surface area (Å²) in [5.41, 5.74) is 1.75. The Labute approximate surface area is 108 Å². The van der Waals surface area contributed by atoms with Crippen LogP contribution in [0.3, 0.4) is 0 Å². The highest BCUT2D eigenvalue weighted by Gasteiger charge is 2.46. The summed E-state index contributed by atoms with van der Waals surface area (Å²) in [5, 5.41) is 9.25. The van der Waals surface area contributed by atoms with Gasteiger partial charge in [-0.3, -0.25) is 4.79 Å². The summed E-state index contributed by atoms with van der Waals surface area (Å²) in [6, 6.07) is 8.24. The quantitative estimate of drug-likeness (QED) is 0.894. The van der Waals surface area contributed by atoms with Gasteiger partial charge in [0.05, 0.1) is 13.2 Å². The SMILES string of the molecule is CC(C)(C)c1ccc(CC2(C(=O)O)COC2)cc1. The predicted molar refractivity (Wildman–Crippen MR) is 69.7 cm³/mol. The molecule has 1 aliphatic heterocycles. The molecule has 3 heteroatoms. The van der Waals surface area contributed by atoms with E-state index in [0.717, 1.165) is 5.56 Å². The van der Waals surface area contributed by atoms with Gasteiger partial charge >= 0.3 is 5.97 Å². The molecular formula is C15H20O3. The van der Waals surface area contributed by atoms with Crippen molar-refractivity contribution >= 4 is 5.97 Å². The molecule has 0 aromatic heterocycles. The van der Waals surface area contributed by atoms with E-state index in [0.29, 0.717) is 19.6 Å². The molecule has 3 nitrogen and oxygen atoms in total. The van der Waals surface area contributed by atoms with Crippen molar-refractivity contribution in [3.8, 4) is 0 Å². The first-order valence-corrected chi connectivity index (χ1v) is 6.24. The molecule has 1 aromatic carbocycles. The zero-order valence-electron chi connectivity index (χ0n) is 11.2. The lowest BCUT2D eigenvalue weighted by Crippen LogP contribution is -2.50. The van der Waals surface area contributed by atoms with E-state index in [1.807, 2.05) is 12.1 Å². The Kier molecular flexibility index (Phi) is 3.20. The highest BCUT2D eigenvalue weighted by atomic mass is 16.5. The third-order valence-electron chi connectivity index (χ3n) is 3.57. The maximum atomic E-state index is 11.3. The fourth-order valence-electron chi connectivity index (χ4n) is 2.16. The van der Waals surface area contributed by atoms with Crippen molar-refractivity contribution in [1.82, 2.24) is 0 Å². The van der Waals surface area contributed by atoms with Crippen LogP contribution in [-0.4, -0.2) is 24.3 Å². The van der Waals surface area contributed by atoms with Gasteiger partial charge in [-0.15, -0.1) is 0 Å². The fourth-order valence-corrected chi connectivity index (χ4v) is 2.16. The van der Waals surface area contributed by atoms with Gasteiger partial charge in [-0.25, -0.2) is 0 Å². The third-order valence-corrected chi connectivity index (χ3v) is 3.57. The first-order chi connectivity index (χ1) is 8.33. The second-order valence-electron chi connectivity index (χ2n) is 6.20. The van der Waals surface area contributed by atoms with Crippen LogP contribution in [0.1, 0.15) is 31.9 Å². The smallest absolute Gasteiger partial charge is 0.314 e. The number of hydrogen-bond donors (Lipinski definition) is 1. The Hall–Kier alpha value is -1.35. The molecule has 0 radical (unpaired) electrons. The average Bonchev–Trinajstić information content (AvgIpc) is 2.22. The van der Waals surface area contributed by atoms with Gasteiger partial charge < -0.3 is 9.84 Å². The lowest BCUT2D eigenvalue weighted by Gasteiger charge is -2.37. The van der Waals surface area contributed by atoms with Crippen LogP contribution in [-0.2, 0) is 21.4 Å². The van der Waals surface area contributed by atoms with Gasteiger partial charge in [-0.1, -0.05) is 45.0 Å². The molecular weight excluding hydrogens is 228 g/mol. The third kappa shape index (κ3) is 2.41. The highest BCUT2D eigenvalue weighted by Crippen LogP contribution is 2.32. The van der Waals surface area contributed by atoms with Crippen molar-refractivity contribution in [3.63, 3.8) is 0 Å². The summed E-state index contributed by atoms with van der Waals surface area (Å²) in [6.45, 7) is 7.15. The molecule has 0 amide bonds. The Morgan fingerprint density at radius 2 is 1.83 bits per heavy atom. The summed E-state index contributed by atoms with van der Waals surface area (Å²) < 4.78 is 5.07. The second kappa shape index (κ2) is 4.39. The van der Waals surface area contributed by atoms with E-state index in [4.69, 9.17) is 4.74 Å². The van der Waals surface area contributed by atoms with Gasteiger partial charge in [0.1, 0.15) is 5.41 Å². The van der Waals surface area contributed by atoms with Crippen molar-refractivity contribution in [2.24, 2.45) is 5.41 Å². The highest BCUT2D eigenvalue weighted by molar-refractivity contribution is 5.76. The van der Waals surface area contributed by atoms with Crippen LogP contribution < -0.4 is 0 Å². The van der Waals surface area contributed by atoms with Gasteiger partial charge in [0, 0.05) is 0 Å².